The number of anilines is 1. The van der Waals surface area contributed by atoms with Gasteiger partial charge in [0.05, 0.1) is 12.8 Å². The van der Waals surface area contributed by atoms with Crippen molar-refractivity contribution in [1.29, 1.82) is 0 Å². The Balaban J connectivity index is 1.73. The molecule has 0 bridgehead atoms. The largest absolute Gasteiger partial charge is 0.497 e. The molecule has 1 aromatic carbocycles. The van der Waals surface area contributed by atoms with Gasteiger partial charge in [0.15, 0.2) is 0 Å². The first-order chi connectivity index (χ1) is 13.0. The van der Waals surface area contributed by atoms with Crippen molar-refractivity contribution in [3.8, 4) is 11.4 Å². The number of carbonyl (C=O) groups excluding carboxylic acids is 1. The summed E-state index contributed by atoms with van der Waals surface area (Å²) < 4.78 is 6.55. The SMILES string of the molecule is COc1ccc(-n2nc(N3CCC(C(=O)NC(C)C)CC3)ccc2=O)cc1. The van der Waals surface area contributed by atoms with Crippen molar-refractivity contribution in [3.63, 3.8) is 0 Å². The van der Waals surface area contributed by atoms with E-state index in [1.807, 2.05) is 13.8 Å². The van der Waals surface area contributed by atoms with E-state index in [1.165, 1.54) is 10.7 Å². The van der Waals surface area contributed by atoms with Crippen LogP contribution in [0.25, 0.3) is 5.69 Å². The topological polar surface area (TPSA) is 76.5 Å². The lowest BCUT2D eigenvalue weighted by molar-refractivity contribution is -0.126. The minimum absolute atomic E-state index is 0.0381. The molecule has 0 atom stereocenters. The average molecular weight is 370 g/mol. The van der Waals surface area contributed by atoms with E-state index in [0.717, 1.165) is 37.5 Å². The molecule has 1 amide bonds. The molecule has 7 nitrogen and oxygen atoms in total. The lowest BCUT2D eigenvalue weighted by Crippen LogP contribution is -2.43. The molecule has 2 aromatic rings. The number of amides is 1. The van der Waals surface area contributed by atoms with Gasteiger partial charge in [0, 0.05) is 31.1 Å². The summed E-state index contributed by atoms with van der Waals surface area (Å²) in [5.74, 6) is 1.63. The first kappa shape index (κ1) is 18.9. The predicted molar refractivity (Wildman–Crippen MR) is 105 cm³/mol. The summed E-state index contributed by atoms with van der Waals surface area (Å²) in [6, 6.07) is 10.6. The Kier molecular flexibility index (Phi) is 5.78. The molecule has 7 heteroatoms. The van der Waals surface area contributed by atoms with Crippen molar-refractivity contribution < 1.29 is 9.53 Å². The van der Waals surface area contributed by atoms with Crippen LogP contribution in [0.2, 0.25) is 0 Å². The number of carbonyl (C=O) groups is 1. The van der Waals surface area contributed by atoms with Crippen molar-refractivity contribution >= 4 is 11.7 Å². The first-order valence-corrected chi connectivity index (χ1v) is 9.28. The molecule has 1 aromatic heterocycles. The van der Waals surface area contributed by atoms with Crippen LogP contribution in [-0.4, -0.2) is 41.9 Å². The number of methoxy groups -OCH3 is 1. The summed E-state index contributed by atoms with van der Waals surface area (Å²) in [5.41, 5.74) is 0.504. The van der Waals surface area contributed by atoms with E-state index in [4.69, 9.17) is 4.74 Å². The molecule has 2 heterocycles. The van der Waals surface area contributed by atoms with Gasteiger partial charge in [-0.3, -0.25) is 9.59 Å². The standard InChI is InChI=1S/C20H26N4O3/c1-14(2)21-20(26)15-10-12-23(13-11-15)18-8-9-19(25)24(22-18)16-4-6-17(27-3)7-5-16/h4-9,14-15H,10-13H2,1-3H3,(H,21,26). The van der Waals surface area contributed by atoms with Crippen molar-refractivity contribution in [1.82, 2.24) is 15.1 Å². The number of rotatable bonds is 5. The van der Waals surface area contributed by atoms with E-state index in [1.54, 1.807) is 37.4 Å². The number of nitrogens with zero attached hydrogens (tertiary/aromatic N) is 3. The number of hydrogen-bond donors (Lipinski definition) is 1. The monoisotopic (exact) mass is 370 g/mol. The van der Waals surface area contributed by atoms with Crippen molar-refractivity contribution in [2.75, 3.05) is 25.1 Å². The van der Waals surface area contributed by atoms with Crippen LogP contribution in [0.5, 0.6) is 5.75 Å². The molecule has 1 N–H and O–H groups in total. The molecule has 0 spiro atoms. The third-order valence-corrected chi connectivity index (χ3v) is 4.72. The molecular weight excluding hydrogens is 344 g/mol. The summed E-state index contributed by atoms with van der Waals surface area (Å²) >= 11 is 0. The Hall–Kier alpha value is -2.83. The molecular formula is C20H26N4O3. The predicted octanol–water partition coefficient (Wildman–Crippen LogP) is 1.98. The highest BCUT2D eigenvalue weighted by Gasteiger charge is 2.26. The minimum atomic E-state index is -0.185. The van der Waals surface area contributed by atoms with Crippen LogP contribution in [0.15, 0.2) is 41.2 Å². The van der Waals surface area contributed by atoms with Crippen LogP contribution in [-0.2, 0) is 4.79 Å². The van der Waals surface area contributed by atoms with Crippen molar-refractivity contribution in [3.05, 3.63) is 46.8 Å². The number of aromatic nitrogens is 2. The summed E-state index contributed by atoms with van der Waals surface area (Å²) in [5, 5.41) is 7.51. The number of ether oxygens (including phenoxy) is 1. The molecule has 0 aliphatic carbocycles. The average Bonchev–Trinajstić information content (AvgIpc) is 2.68. The van der Waals surface area contributed by atoms with E-state index in [0.29, 0.717) is 5.69 Å². The lowest BCUT2D eigenvalue weighted by atomic mass is 9.95. The second-order valence-electron chi connectivity index (χ2n) is 7.06. The molecule has 1 aliphatic heterocycles. The molecule has 144 valence electrons. The zero-order chi connectivity index (χ0) is 19.4. The van der Waals surface area contributed by atoms with E-state index in [2.05, 4.69) is 15.3 Å². The van der Waals surface area contributed by atoms with E-state index < -0.39 is 0 Å². The van der Waals surface area contributed by atoms with Crippen LogP contribution < -0.4 is 20.5 Å². The molecule has 27 heavy (non-hydrogen) atoms. The minimum Gasteiger partial charge on any atom is -0.497 e. The van der Waals surface area contributed by atoms with Crippen LogP contribution in [0.1, 0.15) is 26.7 Å². The van der Waals surface area contributed by atoms with Gasteiger partial charge in [0.25, 0.3) is 5.56 Å². The second-order valence-corrected chi connectivity index (χ2v) is 7.06. The zero-order valence-electron chi connectivity index (χ0n) is 16.0. The maximum Gasteiger partial charge on any atom is 0.271 e. The van der Waals surface area contributed by atoms with Crippen molar-refractivity contribution in [2.45, 2.75) is 32.7 Å². The molecule has 0 radical (unpaired) electrons. The summed E-state index contributed by atoms with van der Waals surface area (Å²) in [6.45, 7) is 5.42. The van der Waals surface area contributed by atoms with Gasteiger partial charge in [-0.15, -0.1) is 5.10 Å². The fourth-order valence-corrected chi connectivity index (χ4v) is 3.25. The fourth-order valence-electron chi connectivity index (χ4n) is 3.25. The third-order valence-electron chi connectivity index (χ3n) is 4.72. The smallest absolute Gasteiger partial charge is 0.271 e. The van der Waals surface area contributed by atoms with Gasteiger partial charge >= 0.3 is 0 Å². The number of benzene rings is 1. The quantitative estimate of drug-likeness (QED) is 0.871. The normalized spacial score (nSPS) is 15.0. The van der Waals surface area contributed by atoms with E-state index in [-0.39, 0.29) is 23.4 Å². The second kappa shape index (κ2) is 8.24. The molecule has 1 aliphatic rings. The Labute approximate surface area is 158 Å². The molecule has 0 unspecified atom stereocenters. The lowest BCUT2D eigenvalue weighted by Gasteiger charge is -2.32. The van der Waals surface area contributed by atoms with Crippen LogP contribution in [0.4, 0.5) is 5.82 Å². The molecule has 1 saturated heterocycles. The van der Waals surface area contributed by atoms with Gasteiger partial charge < -0.3 is 15.0 Å². The third kappa shape index (κ3) is 4.48. The first-order valence-electron chi connectivity index (χ1n) is 9.28. The maximum absolute atomic E-state index is 12.3. The fraction of sp³-hybridized carbons (Fsp3) is 0.450. The maximum atomic E-state index is 12.3. The van der Waals surface area contributed by atoms with Gasteiger partial charge in [-0.1, -0.05) is 0 Å². The zero-order valence-corrected chi connectivity index (χ0v) is 16.0. The van der Waals surface area contributed by atoms with Gasteiger partial charge in [-0.05, 0) is 57.0 Å². The summed E-state index contributed by atoms with van der Waals surface area (Å²) in [6.07, 6.45) is 1.56. The summed E-state index contributed by atoms with van der Waals surface area (Å²) in [4.78, 5) is 26.6. The van der Waals surface area contributed by atoms with Crippen molar-refractivity contribution in [2.24, 2.45) is 5.92 Å². The van der Waals surface area contributed by atoms with Gasteiger partial charge in [0.2, 0.25) is 5.91 Å². The molecule has 3 rings (SSSR count). The van der Waals surface area contributed by atoms with Gasteiger partial charge in [0.1, 0.15) is 11.6 Å². The van der Waals surface area contributed by atoms with E-state index >= 15 is 0 Å². The van der Waals surface area contributed by atoms with Crippen LogP contribution >= 0.6 is 0 Å². The highest BCUT2D eigenvalue weighted by molar-refractivity contribution is 5.79. The Morgan fingerprint density at radius 1 is 1.15 bits per heavy atom. The number of hydrogen-bond acceptors (Lipinski definition) is 5. The summed E-state index contributed by atoms with van der Waals surface area (Å²) in [7, 11) is 1.60. The Bertz CT molecular complexity index is 837. The number of piperidine rings is 1. The molecule has 1 fully saturated rings. The van der Waals surface area contributed by atoms with Gasteiger partial charge in [-0.25, -0.2) is 0 Å². The van der Waals surface area contributed by atoms with E-state index in [9.17, 15) is 9.59 Å². The Morgan fingerprint density at radius 3 is 2.41 bits per heavy atom. The number of nitrogens with one attached hydrogen (secondary N) is 1. The molecule has 0 saturated carbocycles. The van der Waals surface area contributed by atoms with Crippen LogP contribution in [0, 0.1) is 5.92 Å². The highest BCUT2D eigenvalue weighted by atomic mass is 16.5. The Morgan fingerprint density at radius 2 is 1.81 bits per heavy atom. The van der Waals surface area contributed by atoms with Crippen LogP contribution in [0.3, 0.4) is 0 Å². The van der Waals surface area contributed by atoms with Gasteiger partial charge in [-0.2, -0.15) is 4.68 Å². The highest BCUT2D eigenvalue weighted by Crippen LogP contribution is 2.22.